The van der Waals surface area contributed by atoms with Crippen molar-refractivity contribution < 1.29 is 8.42 Å². The number of rotatable bonds is 3. The van der Waals surface area contributed by atoms with E-state index in [2.05, 4.69) is 11.9 Å². The van der Waals surface area contributed by atoms with E-state index in [1.165, 1.54) is 6.26 Å². The number of hydrogen-bond donors (Lipinski definition) is 1. The van der Waals surface area contributed by atoms with Crippen LogP contribution in [-0.2, 0) is 9.84 Å². The normalized spacial score (nSPS) is 24.8. The van der Waals surface area contributed by atoms with Crippen LogP contribution in [0.15, 0.2) is 23.1 Å². The first-order chi connectivity index (χ1) is 8.82. The number of nitrogens with zero attached hydrogens (tertiary/aromatic N) is 1. The Hall–Kier alpha value is -0.620. The maximum atomic E-state index is 11.5. The first-order valence-corrected chi connectivity index (χ1v) is 8.49. The summed E-state index contributed by atoms with van der Waals surface area (Å²) >= 11 is 6.09. The molecule has 2 atom stereocenters. The van der Waals surface area contributed by atoms with E-state index in [0.29, 0.717) is 17.5 Å². The zero-order valence-electron chi connectivity index (χ0n) is 11.1. The Labute approximate surface area is 119 Å². The van der Waals surface area contributed by atoms with Crippen molar-refractivity contribution >= 4 is 21.4 Å². The second-order valence-electron chi connectivity index (χ2n) is 5.25. The SMILES string of the molecule is CN1CC(CN)CC1c1ccc(S(C)(=O)=O)c(Cl)c1. The van der Waals surface area contributed by atoms with E-state index in [1.54, 1.807) is 12.1 Å². The molecule has 4 nitrogen and oxygen atoms in total. The predicted molar refractivity (Wildman–Crippen MR) is 77.1 cm³/mol. The fourth-order valence-corrected chi connectivity index (χ4v) is 4.03. The summed E-state index contributed by atoms with van der Waals surface area (Å²) < 4.78 is 23.1. The summed E-state index contributed by atoms with van der Waals surface area (Å²) in [5, 5.41) is 0.296. The molecule has 1 heterocycles. The van der Waals surface area contributed by atoms with E-state index >= 15 is 0 Å². The second-order valence-corrected chi connectivity index (χ2v) is 7.65. The van der Waals surface area contributed by atoms with Crippen molar-refractivity contribution in [2.45, 2.75) is 17.4 Å². The molecule has 1 fully saturated rings. The van der Waals surface area contributed by atoms with E-state index in [9.17, 15) is 8.42 Å². The minimum Gasteiger partial charge on any atom is -0.330 e. The van der Waals surface area contributed by atoms with Crippen LogP contribution < -0.4 is 5.73 Å². The maximum absolute atomic E-state index is 11.5. The fourth-order valence-electron chi connectivity index (χ4n) is 2.69. The second kappa shape index (κ2) is 5.40. The standard InChI is InChI=1S/C13H19ClN2O2S/c1-16-8-9(7-15)5-12(16)10-3-4-13(11(14)6-10)19(2,17)18/h3-4,6,9,12H,5,7-8,15H2,1-2H3. The molecule has 1 aromatic carbocycles. The van der Waals surface area contributed by atoms with Gasteiger partial charge in [-0.1, -0.05) is 17.7 Å². The van der Waals surface area contributed by atoms with Gasteiger partial charge < -0.3 is 5.73 Å². The van der Waals surface area contributed by atoms with Gasteiger partial charge in [0.15, 0.2) is 9.84 Å². The van der Waals surface area contributed by atoms with Gasteiger partial charge in [0, 0.05) is 18.8 Å². The molecule has 2 N–H and O–H groups in total. The average molecular weight is 303 g/mol. The van der Waals surface area contributed by atoms with E-state index in [1.807, 2.05) is 6.07 Å². The molecule has 2 rings (SSSR count). The Balaban J connectivity index is 2.31. The lowest BCUT2D eigenvalue weighted by Gasteiger charge is -2.20. The molecule has 1 saturated heterocycles. The largest absolute Gasteiger partial charge is 0.330 e. The van der Waals surface area contributed by atoms with Crippen molar-refractivity contribution in [3.8, 4) is 0 Å². The molecule has 106 valence electrons. The average Bonchev–Trinajstić information content (AvgIpc) is 2.68. The maximum Gasteiger partial charge on any atom is 0.176 e. The number of likely N-dealkylation sites (tertiary alicyclic amines) is 1. The molecule has 1 aromatic rings. The molecule has 1 aliphatic rings. The molecule has 19 heavy (non-hydrogen) atoms. The summed E-state index contributed by atoms with van der Waals surface area (Å²) in [7, 11) is -1.21. The topological polar surface area (TPSA) is 63.4 Å². The van der Waals surface area contributed by atoms with Crippen LogP contribution in [0.2, 0.25) is 5.02 Å². The van der Waals surface area contributed by atoms with E-state index in [0.717, 1.165) is 18.5 Å². The van der Waals surface area contributed by atoms with Crippen LogP contribution >= 0.6 is 11.6 Å². The number of halogens is 1. The van der Waals surface area contributed by atoms with Crippen LogP contribution in [0.25, 0.3) is 0 Å². The number of sulfone groups is 1. The summed E-state index contributed by atoms with van der Waals surface area (Å²) in [6, 6.07) is 5.47. The van der Waals surface area contributed by atoms with E-state index in [4.69, 9.17) is 17.3 Å². The zero-order valence-corrected chi connectivity index (χ0v) is 12.7. The monoisotopic (exact) mass is 302 g/mol. The van der Waals surface area contributed by atoms with Gasteiger partial charge in [0.25, 0.3) is 0 Å². The molecular formula is C13H19ClN2O2S. The van der Waals surface area contributed by atoms with Crippen LogP contribution in [0.3, 0.4) is 0 Å². The molecule has 6 heteroatoms. The van der Waals surface area contributed by atoms with Crippen LogP contribution in [0, 0.1) is 5.92 Å². The number of hydrogen-bond acceptors (Lipinski definition) is 4. The molecule has 0 spiro atoms. The van der Waals surface area contributed by atoms with Crippen LogP contribution in [0.1, 0.15) is 18.0 Å². The highest BCUT2D eigenvalue weighted by atomic mass is 35.5. The van der Waals surface area contributed by atoms with Gasteiger partial charge in [-0.25, -0.2) is 8.42 Å². The molecule has 0 aromatic heterocycles. The Morgan fingerprint density at radius 1 is 1.47 bits per heavy atom. The molecular weight excluding hydrogens is 284 g/mol. The molecule has 2 unspecified atom stereocenters. The molecule has 0 bridgehead atoms. The first-order valence-electron chi connectivity index (χ1n) is 6.22. The highest BCUT2D eigenvalue weighted by molar-refractivity contribution is 7.90. The highest BCUT2D eigenvalue weighted by Gasteiger charge is 2.30. The third-order valence-electron chi connectivity index (χ3n) is 3.71. The Kier molecular flexibility index (Phi) is 4.20. The number of nitrogens with two attached hydrogens (primary N) is 1. The van der Waals surface area contributed by atoms with Crippen LogP contribution in [0.4, 0.5) is 0 Å². The summed E-state index contributed by atoms with van der Waals surface area (Å²) in [4.78, 5) is 2.43. The third-order valence-corrected chi connectivity index (χ3v) is 5.29. The van der Waals surface area contributed by atoms with Crippen molar-refractivity contribution in [2.24, 2.45) is 11.7 Å². The van der Waals surface area contributed by atoms with Gasteiger partial charge >= 0.3 is 0 Å². The van der Waals surface area contributed by atoms with Crippen LogP contribution in [-0.4, -0.2) is 39.7 Å². The number of benzene rings is 1. The van der Waals surface area contributed by atoms with Gasteiger partial charge in [-0.15, -0.1) is 0 Å². The van der Waals surface area contributed by atoms with Crippen molar-refractivity contribution in [1.29, 1.82) is 0 Å². The first kappa shape index (κ1) is 14.8. The minimum atomic E-state index is -3.27. The lowest BCUT2D eigenvalue weighted by Crippen LogP contribution is -2.20. The lowest BCUT2D eigenvalue weighted by atomic mass is 10.00. The van der Waals surface area contributed by atoms with Crippen molar-refractivity contribution in [1.82, 2.24) is 4.90 Å². The minimum absolute atomic E-state index is 0.189. The molecule has 0 radical (unpaired) electrons. The molecule has 0 saturated carbocycles. The third kappa shape index (κ3) is 3.11. The van der Waals surface area contributed by atoms with E-state index in [-0.39, 0.29) is 10.9 Å². The van der Waals surface area contributed by atoms with Gasteiger partial charge in [-0.05, 0) is 43.6 Å². The Morgan fingerprint density at radius 2 is 2.16 bits per heavy atom. The summed E-state index contributed by atoms with van der Waals surface area (Å²) in [6.45, 7) is 1.64. The van der Waals surface area contributed by atoms with Gasteiger partial charge in [0.1, 0.15) is 0 Å². The highest BCUT2D eigenvalue weighted by Crippen LogP contribution is 2.35. The van der Waals surface area contributed by atoms with E-state index < -0.39 is 9.84 Å². The van der Waals surface area contributed by atoms with Gasteiger partial charge in [0.2, 0.25) is 0 Å². The summed E-state index contributed by atoms with van der Waals surface area (Å²) in [6.07, 6.45) is 2.15. The Bertz CT molecular complexity index is 574. The summed E-state index contributed by atoms with van der Waals surface area (Å²) in [5.41, 5.74) is 6.77. The summed E-state index contributed by atoms with van der Waals surface area (Å²) in [5.74, 6) is 0.489. The molecule has 0 amide bonds. The van der Waals surface area contributed by atoms with Gasteiger partial charge in [0.05, 0.1) is 9.92 Å². The smallest absolute Gasteiger partial charge is 0.176 e. The lowest BCUT2D eigenvalue weighted by molar-refractivity contribution is 0.313. The predicted octanol–water partition coefficient (Wildman–Crippen LogP) is 1.70. The van der Waals surface area contributed by atoms with Crippen LogP contribution in [0.5, 0.6) is 0 Å². The zero-order chi connectivity index (χ0) is 14.2. The van der Waals surface area contributed by atoms with Crippen molar-refractivity contribution in [2.75, 3.05) is 26.4 Å². The van der Waals surface area contributed by atoms with Crippen molar-refractivity contribution in [3.05, 3.63) is 28.8 Å². The Morgan fingerprint density at radius 3 is 2.63 bits per heavy atom. The quantitative estimate of drug-likeness (QED) is 0.923. The van der Waals surface area contributed by atoms with Gasteiger partial charge in [-0.3, -0.25) is 4.90 Å². The van der Waals surface area contributed by atoms with Gasteiger partial charge in [-0.2, -0.15) is 0 Å². The van der Waals surface area contributed by atoms with Crippen molar-refractivity contribution in [3.63, 3.8) is 0 Å². The molecule has 0 aliphatic carbocycles. The fraction of sp³-hybridized carbons (Fsp3) is 0.538. The molecule has 1 aliphatic heterocycles.